The molecule has 0 rings (SSSR count). The van der Waals surface area contributed by atoms with Crippen LogP contribution < -0.4 is 5.32 Å². The fraction of sp³-hybridized carbons (Fsp3) is 0.600. The highest BCUT2D eigenvalue weighted by atomic mass is 19.4. The van der Waals surface area contributed by atoms with Crippen molar-refractivity contribution in [1.29, 1.82) is 0 Å². The van der Waals surface area contributed by atoms with Crippen LogP contribution in [0.2, 0.25) is 0 Å². The number of hydrogen-bond acceptors (Lipinski definition) is 3. The molecule has 0 aromatic rings. The number of esters is 1. The molecule has 0 unspecified atom stereocenters. The van der Waals surface area contributed by atoms with Crippen LogP contribution in [-0.4, -0.2) is 31.2 Å². The molecule has 0 heterocycles. The lowest BCUT2D eigenvalue weighted by Crippen LogP contribution is -2.46. The van der Waals surface area contributed by atoms with Gasteiger partial charge in [-0.25, -0.2) is 0 Å². The van der Waals surface area contributed by atoms with Crippen molar-refractivity contribution < 1.29 is 27.5 Å². The lowest BCUT2D eigenvalue weighted by Gasteiger charge is -2.22. The Morgan fingerprint density at radius 1 is 1.47 bits per heavy atom. The first-order chi connectivity index (χ1) is 7.73. The lowest BCUT2D eigenvalue weighted by atomic mass is 9.97. The second-order valence-corrected chi connectivity index (χ2v) is 3.41. The van der Waals surface area contributed by atoms with E-state index >= 15 is 0 Å². The zero-order valence-corrected chi connectivity index (χ0v) is 9.50. The summed E-state index contributed by atoms with van der Waals surface area (Å²) in [5.74, 6) is -3.66. The molecular formula is C10H14F3NO3. The van der Waals surface area contributed by atoms with Crippen molar-refractivity contribution in [3.05, 3.63) is 12.7 Å². The van der Waals surface area contributed by atoms with Crippen LogP contribution in [0.15, 0.2) is 12.7 Å². The van der Waals surface area contributed by atoms with E-state index in [9.17, 15) is 22.8 Å². The zero-order valence-electron chi connectivity index (χ0n) is 9.50. The largest absolute Gasteiger partial charge is 0.471 e. The third kappa shape index (κ3) is 4.88. The van der Waals surface area contributed by atoms with E-state index in [-0.39, 0.29) is 6.42 Å². The van der Waals surface area contributed by atoms with Crippen LogP contribution in [-0.2, 0) is 14.3 Å². The van der Waals surface area contributed by atoms with Gasteiger partial charge < -0.3 is 10.1 Å². The molecule has 0 spiro atoms. The van der Waals surface area contributed by atoms with Crippen LogP contribution in [0.5, 0.6) is 0 Å². The van der Waals surface area contributed by atoms with Crippen LogP contribution >= 0.6 is 0 Å². The number of halogens is 3. The third-order valence-corrected chi connectivity index (χ3v) is 2.14. The Morgan fingerprint density at radius 2 is 2.00 bits per heavy atom. The number of amides is 1. The molecule has 0 radical (unpaired) electrons. The first-order valence-electron chi connectivity index (χ1n) is 4.80. The van der Waals surface area contributed by atoms with Gasteiger partial charge in [0.2, 0.25) is 0 Å². The minimum atomic E-state index is -4.97. The molecule has 0 fully saturated rings. The van der Waals surface area contributed by atoms with Gasteiger partial charge >= 0.3 is 18.1 Å². The Bertz CT molecular complexity index is 302. The molecule has 1 N–H and O–H groups in total. The first kappa shape index (κ1) is 15.5. The van der Waals surface area contributed by atoms with Gasteiger partial charge in [0.05, 0.1) is 13.0 Å². The van der Waals surface area contributed by atoms with Gasteiger partial charge in [0.25, 0.3) is 0 Å². The van der Waals surface area contributed by atoms with E-state index in [1.54, 1.807) is 5.32 Å². The first-order valence-corrected chi connectivity index (χ1v) is 4.80. The summed E-state index contributed by atoms with van der Waals surface area (Å²) in [7, 11) is 1.12. The number of carbonyl (C=O) groups excluding carboxylic acids is 2. The summed E-state index contributed by atoms with van der Waals surface area (Å²) in [4.78, 5) is 22.0. The Labute approximate surface area is 96.8 Å². The number of hydrogen-bond donors (Lipinski definition) is 1. The molecule has 0 aromatic heterocycles. The average Bonchev–Trinajstić information content (AvgIpc) is 2.23. The van der Waals surface area contributed by atoms with Gasteiger partial charge in [0.1, 0.15) is 0 Å². The molecule has 0 saturated heterocycles. The highest BCUT2D eigenvalue weighted by Crippen LogP contribution is 2.17. The molecule has 98 valence electrons. The molecule has 1 amide bonds. The van der Waals surface area contributed by atoms with Crippen molar-refractivity contribution in [1.82, 2.24) is 5.32 Å². The Balaban J connectivity index is 4.63. The van der Waals surface area contributed by atoms with E-state index in [0.717, 1.165) is 7.11 Å². The molecular weight excluding hydrogens is 239 g/mol. The molecule has 0 bridgehead atoms. The maximum atomic E-state index is 12.0. The Hall–Kier alpha value is -1.53. The van der Waals surface area contributed by atoms with E-state index in [1.807, 2.05) is 0 Å². The summed E-state index contributed by atoms with van der Waals surface area (Å²) >= 11 is 0. The summed E-state index contributed by atoms with van der Waals surface area (Å²) in [6, 6.07) is -0.991. The predicted octanol–water partition coefficient (Wildman–Crippen LogP) is 1.42. The average molecular weight is 253 g/mol. The quantitative estimate of drug-likeness (QED) is 0.595. The second-order valence-electron chi connectivity index (χ2n) is 3.41. The van der Waals surface area contributed by atoms with Crippen LogP contribution in [0.1, 0.15) is 13.3 Å². The van der Waals surface area contributed by atoms with Crippen molar-refractivity contribution >= 4 is 11.9 Å². The van der Waals surface area contributed by atoms with E-state index in [0.29, 0.717) is 0 Å². The minimum Gasteiger partial charge on any atom is -0.469 e. The van der Waals surface area contributed by atoms with Gasteiger partial charge in [0, 0.05) is 6.04 Å². The Morgan fingerprint density at radius 3 is 2.35 bits per heavy atom. The topological polar surface area (TPSA) is 55.4 Å². The third-order valence-electron chi connectivity index (χ3n) is 2.14. The molecule has 2 atom stereocenters. The molecule has 0 aliphatic rings. The molecule has 4 nitrogen and oxygen atoms in total. The molecule has 0 saturated carbocycles. The fourth-order valence-electron chi connectivity index (χ4n) is 1.22. The van der Waals surface area contributed by atoms with Gasteiger partial charge in [-0.1, -0.05) is 6.08 Å². The van der Waals surface area contributed by atoms with Crippen LogP contribution in [0.25, 0.3) is 0 Å². The summed E-state index contributed by atoms with van der Waals surface area (Å²) in [6.07, 6.45) is -3.48. The van der Waals surface area contributed by atoms with Crippen LogP contribution in [0, 0.1) is 5.92 Å². The smallest absolute Gasteiger partial charge is 0.469 e. The van der Waals surface area contributed by atoms with E-state index in [4.69, 9.17) is 0 Å². The number of nitrogens with one attached hydrogen (secondary N) is 1. The summed E-state index contributed by atoms with van der Waals surface area (Å²) in [5.41, 5.74) is 0. The van der Waals surface area contributed by atoms with Crippen molar-refractivity contribution in [3.8, 4) is 0 Å². The van der Waals surface area contributed by atoms with Crippen molar-refractivity contribution in [3.63, 3.8) is 0 Å². The SMILES string of the molecule is C=CC[C@H](C(=O)OC)[C@H](C)NC(=O)C(F)(F)F. The van der Waals surface area contributed by atoms with E-state index in [2.05, 4.69) is 11.3 Å². The minimum absolute atomic E-state index is 0.117. The normalized spacial score (nSPS) is 14.6. The van der Waals surface area contributed by atoms with Crippen LogP contribution in [0.4, 0.5) is 13.2 Å². The lowest BCUT2D eigenvalue weighted by molar-refractivity contribution is -0.175. The number of methoxy groups -OCH3 is 1. The summed E-state index contributed by atoms with van der Waals surface area (Å²) in [5, 5.41) is 1.71. The van der Waals surface area contributed by atoms with Crippen molar-refractivity contribution in [2.45, 2.75) is 25.6 Å². The number of rotatable bonds is 5. The van der Waals surface area contributed by atoms with Gasteiger partial charge in [-0.15, -0.1) is 6.58 Å². The zero-order chi connectivity index (χ0) is 13.6. The number of ether oxygens (including phenoxy) is 1. The Kier molecular flexibility index (Phi) is 5.70. The molecule has 0 aromatic carbocycles. The number of alkyl halides is 3. The standard InChI is InChI=1S/C10H14F3NO3/c1-4-5-7(8(15)17-3)6(2)14-9(16)10(11,12)13/h4,6-7H,1,5H2,2-3H3,(H,14,16)/t6-,7-/m0/s1. The predicted molar refractivity (Wildman–Crippen MR) is 54.0 cm³/mol. The number of carbonyl (C=O) groups is 2. The number of allylic oxidation sites excluding steroid dienone is 1. The highest BCUT2D eigenvalue weighted by Gasteiger charge is 2.40. The van der Waals surface area contributed by atoms with E-state index < -0.39 is 30.0 Å². The molecule has 17 heavy (non-hydrogen) atoms. The van der Waals surface area contributed by atoms with Crippen LogP contribution in [0.3, 0.4) is 0 Å². The fourth-order valence-corrected chi connectivity index (χ4v) is 1.22. The van der Waals surface area contributed by atoms with Crippen molar-refractivity contribution in [2.75, 3.05) is 7.11 Å². The van der Waals surface area contributed by atoms with Gasteiger partial charge in [-0.2, -0.15) is 13.2 Å². The maximum absolute atomic E-state index is 12.0. The molecule has 7 heteroatoms. The van der Waals surface area contributed by atoms with Gasteiger partial charge in [-0.05, 0) is 13.3 Å². The molecule has 0 aliphatic carbocycles. The van der Waals surface area contributed by atoms with E-state index in [1.165, 1.54) is 13.0 Å². The molecule has 0 aliphatic heterocycles. The second kappa shape index (κ2) is 6.27. The monoisotopic (exact) mass is 253 g/mol. The highest BCUT2D eigenvalue weighted by molar-refractivity contribution is 5.83. The van der Waals surface area contributed by atoms with Crippen molar-refractivity contribution in [2.24, 2.45) is 5.92 Å². The van der Waals surface area contributed by atoms with Gasteiger partial charge in [0.15, 0.2) is 0 Å². The summed E-state index contributed by atoms with van der Waals surface area (Å²) in [6.45, 7) is 4.69. The van der Waals surface area contributed by atoms with Gasteiger partial charge in [-0.3, -0.25) is 9.59 Å². The maximum Gasteiger partial charge on any atom is 0.471 e. The summed E-state index contributed by atoms with van der Waals surface area (Å²) < 4.78 is 40.4.